The number of rotatable bonds is 3. The van der Waals surface area contributed by atoms with Crippen LogP contribution in [0.3, 0.4) is 0 Å². The number of likely N-dealkylation sites (tertiary alicyclic amines) is 1. The van der Waals surface area contributed by atoms with Crippen molar-refractivity contribution >= 4 is 17.2 Å². The molecular formula is C16H24N2S. The summed E-state index contributed by atoms with van der Waals surface area (Å²) in [5.74, 6) is 0.782. The van der Waals surface area contributed by atoms with Gasteiger partial charge in [0.25, 0.3) is 0 Å². The van der Waals surface area contributed by atoms with Crippen LogP contribution in [0.4, 0.5) is 0 Å². The first-order chi connectivity index (χ1) is 8.88. The predicted octanol–water partition coefficient (Wildman–Crippen LogP) is 3.19. The van der Waals surface area contributed by atoms with E-state index in [9.17, 15) is 0 Å². The van der Waals surface area contributed by atoms with Gasteiger partial charge < -0.3 is 5.73 Å². The summed E-state index contributed by atoms with van der Waals surface area (Å²) in [6.45, 7) is 10.3. The van der Waals surface area contributed by atoms with E-state index in [2.05, 4.69) is 37.8 Å². The van der Waals surface area contributed by atoms with Gasteiger partial charge in [0.15, 0.2) is 0 Å². The van der Waals surface area contributed by atoms with Crippen LogP contribution in [0.15, 0.2) is 24.3 Å². The lowest BCUT2D eigenvalue weighted by Crippen LogP contribution is -2.26. The highest BCUT2D eigenvalue weighted by Crippen LogP contribution is 2.34. The van der Waals surface area contributed by atoms with Gasteiger partial charge in [-0.15, -0.1) is 0 Å². The molecule has 1 aromatic rings. The quantitative estimate of drug-likeness (QED) is 0.860. The van der Waals surface area contributed by atoms with Crippen LogP contribution in [0, 0.1) is 11.3 Å². The van der Waals surface area contributed by atoms with Crippen molar-refractivity contribution in [2.24, 2.45) is 17.1 Å². The van der Waals surface area contributed by atoms with E-state index in [1.165, 1.54) is 25.1 Å². The third-order valence-electron chi connectivity index (χ3n) is 4.17. The summed E-state index contributed by atoms with van der Waals surface area (Å²) in [5, 5.41) is 0. The van der Waals surface area contributed by atoms with Gasteiger partial charge in [0.1, 0.15) is 4.99 Å². The Kier molecular flexibility index (Phi) is 4.26. The molecule has 1 fully saturated rings. The van der Waals surface area contributed by atoms with Crippen molar-refractivity contribution in [2.75, 3.05) is 13.1 Å². The van der Waals surface area contributed by atoms with E-state index in [-0.39, 0.29) is 0 Å². The molecule has 0 radical (unpaired) electrons. The molecule has 1 aliphatic rings. The summed E-state index contributed by atoms with van der Waals surface area (Å²) in [6, 6.07) is 8.22. The lowest BCUT2D eigenvalue weighted by Gasteiger charge is -2.27. The topological polar surface area (TPSA) is 29.3 Å². The monoisotopic (exact) mass is 276 g/mol. The van der Waals surface area contributed by atoms with E-state index in [0.29, 0.717) is 10.4 Å². The molecule has 104 valence electrons. The maximum atomic E-state index is 5.80. The molecule has 19 heavy (non-hydrogen) atoms. The number of benzene rings is 1. The SMILES string of the molecule is CC(C)(C)C1CCN(Cc2ccccc2C(N)=S)C1. The fourth-order valence-corrected chi connectivity index (χ4v) is 3.02. The van der Waals surface area contributed by atoms with Crippen molar-refractivity contribution in [1.82, 2.24) is 4.90 Å². The molecule has 0 aromatic heterocycles. The third-order valence-corrected chi connectivity index (χ3v) is 4.39. The lowest BCUT2D eigenvalue weighted by atomic mass is 9.80. The smallest absolute Gasteiger partial charge is 0.104 e. The van der Waals surface area contributed by atoms with Crippen LogP contribution >= 0.6 is 12.2 Å². The van der Waals surface area contributed by atoms with E-state index < -0.39 is 0 Å². The van der Waals surface area contributed by atoms with Gasteiger partial charge in [0.05, 0.1) is 0 Å². The molecule has 0 bridgehead atoms. The summed E-state index contributed by atoms with van der Waals surface area (Å²) in [4.78, 5) is 3.02. The summed E-state index contributed by atoms with van der Waals surface area (Å²) >= 11 is 5.13. The van der Waals surface area contributed by atoms with E-state index in [1.807, 2.05) is 12.1 Å². The first kappa shape index (κ1) is 14.5. The van der Waals surface area contributed by atoms with E-state index in [0.717, 1.165) is 18.0 Å². The average Bonchev–Trinajstić information content (AvgIpc) is 2.77. The Morgan fingerprint density at radius 1 is 1.37 bits per heavy atom. The van der Waals surface area contributed by atoms with Gasteiger partial charge in [-0.1, -0.05) is 57.3 Å². The molecule has 1 heterocycles. The second-order valence-corrected chi connectivity index (χ2v) is 7.05. The van der Waals surface area contributed by atoms with Crippen LogP contribution in [-0.4, -0.2) is 23.0 Å². The van der Waals surface area contributed by atoms with Gasteiger partial charge in [-0.2, -0.15) is 0 Å². The Morgan fingerprint density at radius 2 is 2.05 bits per heavy atom. The van der Waals surface area contributed by atoms with Gasteiger partial charge >= 0.3 is 0 Å². The second kappa shape index (κ2) is 5.59. The summed E-state index contributed by atoms with van der Waals surface area (Å²) in [5.41, 5.74) is 8.48. The fourth-order valence-electron chi connectivity index (χ4n) is 2.82. The first-order valence-corrected chi connectivity index (χ1v) is 7.39. The Bertz CT molecular complexity index is 462. The van der Waals surface area contributed by atoms with Gasteiger partial charge in [0, 0.05) is 18.7 Å². The molecule has 1 saturated heterocycles. The van der Waals surface area contributed by atoms with Crippen molar-refractivity contribution < 1.29 is 0 Å². The van der Waals surface area contributed by atoms with Crippen molar-refractivity contribution in [1.29, 1.82) is 0 Å². The zero-order valence-corrected chi connectivity index (χ0v) is 13.0. The molecule has 2 N–H and O–H groups in total. The van der Waals surface area contributed by atoms with E-state index >= 15 is 0 Å². The molecule has 2 nitrogen and oxygen atoms in total. The normalized spacial score (nSPS) is 20.7. The van der Waals surface area contributed by atoms with Gasteiger partial charge in [-0.05, 0) is 29.9 Å². The van der Waals surface area contributed by atoms with E-state index in [1.54, 1.807) is 0 Å². The maximum absolute atomic E-state index is 5.80. The summed E-state index contributed by atoms with van der Waals surface area (Å²) in [7, 11) is 0. The minimum Gasteiger partial charge on any atom is -0.389 e. The highest BCUT2D eigenvalue weighted by Gasteiger charge is 2.31. The lowest BCUT2D eigenvalue weighted by molar-refractivity contribution is 0.226. The van der Waals surface area contributed by atoms with Crippen molar-refractivity contribution in [3.63, 3.8) is 0 Å². The van der Waals surface area contributed by atoms with Crippen LogP contribution in [0.25, 0.3) is 0 Å². The summed E-state index contributed by atoms with van der Waals surface area (Å²) < 4.78 is 0. The molecule has 1 aromatic carbocycles. The molecule has 0 saturated carbocycles. The minimum atomic E-state index is 0.400. The highest BCUT2D eigenvalue weighted by atomic mass is 32.1. The molecule has 3 heteroatoms. The van der Waals surface area contributed by atoms with Crippen LogP contribution in [0.5, 0.6) is 0 Å². The Balaban J connectivity index is 2.06. The minimum absolute atomic E-state index is 0.400. The zero-order valence-electron chi connectivity index (χ0n) is 12.1. The second-order valence-electron chi connectivity index (χ2n) is 6.61. The van der Waals surface area contributed by atoms with Gasteiger partial charge in [-0.25, -0.2) is 0 Å². The molecule has 1 aliphatic heterocycles. The molecule has 0 spiro atoms. The Labute approximate surface area is 122 Å². The van der Waals surface area contributed by atoms with Crippen LogP contribution in [0.2, 0.25) is 0 Å². The van der Waals surface area contributed by atoms with Gasteiger partial charge in [0.2, 0.25) is 0 Å². The standard InChI is InChI=1S/C16H24N2S/c1-16(2,3)13-8-9-18(11-13)10-12-6-4-5-7-14(12)15(17)19/h4-7,13H,8-11H2,1-3H3,(H2,17,19). The molecule has 1 atom stereocenters. The van der Waals surface area contributed by atoms with Crippen molar-refractivity contribution in [2.45, 2.75) is 33.7 Å². The fraction of sp³-hybridized carbons (Fsp3) is 0.562. The molecular weight excluding hydrogens is 252 g/mol. The number of nitrogens with two attached hydrogens (primary N) is 1. The number of hydrogen-bond acceptors (Lipinski definition) is 2. The molecule has 0 amide bonds. The Morgan fingerprint density at radius 3 is 2.63 bits per heavy atom. The Hall–Kier alpha value is -0.930. The number of thiocarbonyl (C=S) groups is 1. The first-order valence-electron chi connectivity index (χ1n) is 6.98. The van der Waals surface area contributed by atoms with Crippen LogP contribution in [-0.2, 0) is 6.54 Å². The summed E-state index contributed by atoms with van der Waals surface area (Å²) in [6.07, 6.45) is 1.29. The number of hydrogen-bond donors (Lipinski definition) is 1. The maximum Gasteiger partial charge on any atom is 0.104 e. The highest BCUT2D eigenvalue weighted by molar-refractivity contribution is 7.80. The van der Waals surface area contributed by atoms with E-state index in [4.69, 9.17) is 18.0 Å². The molecule has 1 unspecified atom stereocenters. The zero-order chi connectivity index (χ0) is 14.0. The van der Waals surface area contributed by atoms with Crippen LogP contribution in [0.1, 0.15) is 38.3 Å². The molecule has 0 aliphatic carbocycles. The van der Waals surface area contributed by atoms with Crippen LogP contribution < -0.4 is 5.73 Å². The van der Waals surface area contributed by atoms with Gasteiger partial charge in [-0.3, -0.25) is 4.90 Å². The van der Waals surface area contributed by atoms with Crippen molar-refractivity contribution in [3.05, 3.63) is 35.4 Å². The average molecular weight is 276 g/mol. The number of nitrogens with zero attached hydrogens (tertiary/aromatic N) is 1. The third kappa shape index (κ3) is 3.54. The molecule has 2 rings (SSSR count). The largest absolute Gasteiger partial charge is 0.389 e. The predicted molar refractivity (Wildman–Crippen MR) is 85.2 cm³/mol. The van der Waals surface area contributed by atoms with Crippen molar-refractivity contribution in [3.8, 4) is 0 Å².